The minimum Gasteiger partial charge on any atom is -0.339 e. The largest absolute Gasteiger partial charge is 0.339 e. The third-order valence-electron chi connectivity index (χ3n) is 4.11. The van der Waals surface area contributed by atoms with Gasteiger partial charge in [-0.2, -0.15) is 9.29 Å². The molecule has 0 radical (unpaired) electrons. The fraction of sp³-hybridized carbons (Fsp3) is 0.600. The highest BCUT2D eigenvalue weighted by Crippen LogP contribution is 2.28. The molecule has 0 aliphatic carbocycles. The second-order valence-corrected chi connectivity index (χ2v) is 9.34. The first kappa shape index (κ1) is 17.5. The van der Waals surface area contributed by atoms with Gasteiger partial charge in [0.1, 0.15) is 4.21 Å². The second kappa shape index (κ2) is 7.30. The van der Waals surface area contributed by atoms with Gasteiger partial charge in [-0.05, 0) is 38.9 Å². The van der Waals surface area contributed by atoms with Gasteiger partial charge in [0.15, 0.2) is 5.82 Å². The molecule has 9 heteroatoms. The molecule has 1 aliphatic rings. The molecule has 1 fully saturated rings. The summed E-state index contributed by atoms with van der Waals surface area (Å²) in [7, 11) is -1.46. The topological polar surface area (TPSA) is 88.3 Å². The van der Waals surface area contributed by atoms with E-state index in [1.54, 1.807) is 10.4 Å². The first-order chi connectivity index (χ1) is 11.5. The fourth-order valence-corrected chi connectivity index (χ4v) is 5.64. The molecular weight excluding hydrogens is 348 g/mol. The molecule has 0 bridgehead atoms. The summed E-state index contributed by atoms with van der Waals surface area (Å²) in [5, 5.41) is 7.10. The standard InChI is InChI=1S/C15H22N4O3S2/c1-11(16-2)9-13-17-14(22-18-13)10-12-5-6-15(23-12)24(20,21)19-7-3-4-8-19/h5-6,11,16H,3-4,7-10H2,1-2H3. The zero-order valence-corrected chi connectivity index (χ0v) is 15.5. The lowest BCUT2D eigenvalue weighted by molar-refractivity contribution is 0.377. The summed E-state index contributed by atoms with van der Waals surface area (Å²) in [6.07, 6.45) is 3.03. The predicted molar refractivity (Wildman–Crippen MR) is 91.6 cm³/mol. The summed E-state index contributed by atoms with van der Waals surface area (Å²) in [6.45, 7) is 3.28. The summed E-state index contributed by atoms with van der Waals surface area (Å²) in [5.41, 5.74) is 0. The fourth-order valence-electron chi connectivity index (χ4n) is 2.62. The first-order valence-electron chi connectivity index (χ1n) is 8.06. The van der Waals surface area contributed by atoms with Crippen molar-refractivity contribution in [3.8, 4) is 0 Å². The molecule has 0 saturated carbocycles. The van der Waals surface area contributed by atoms with Gasteiger partial charge in [-0.3, -0.25) is 0 Å². The molecule has 3 rings (SSSR count). The Bertz CT molecular complexity index is 778. The van der Waals surface area contributed by atoms with Gasteiger partial charge in [0, 0.05) is 30.4 Å². The van der Waals surface area contributed by atoms with E-state index >= 15 is 0 Å². The van der Waals surface area contributed by atoms with Gasteiger partial charge >= 0.3 is 0 Å². The summed E-state index contributed by atoms with van der Waals surface area (Å²) in [6, 6.07) is 3.77. The van der Waals surface area contributed by atoms with Gasteiger partial charge in [-0.25, -0.2) is 8.42 Å². The van der Waals surface area contributed by atoms with Crippen LogP contribution in [0.3, 0.4) is 0 Å². The number of hydrogen-bond acceptors (Lipinski definition) is 7. The molecule has 3 heterocycles. The molecule has 24 heavy (non-hydrogen) atoms. The van der Waals surface area contributed by atoms with Crippen LogP contribution in [0.5, 0.6) is 0 Å². The van der Waals surface area contributed by atoms with E-state index in [9.17, 15) is 8.42 Å². The van der Waals surface area contributed by atoms with Crippen molar-refractivity contribution in [1.29, 1.82) is 0 Å². The molecule has 1 atom stereocenters. The maximum absolute atomic E-state index is 12.5. The number of likely N-dealkylation sites (N-methyl/N-ethyl adjacent to an activating group) is 1. The van der Waals surface area contributed by atoms with Gasteiger partial charge < -0.3 is 9.84 Å². The van der Waals surface area contributed by atoms with E-state index in [2.05, 4.69) is 15.5 Å². The number of sulfonamides is 1. The molecule has 1 unspecified atom stereocenters. The van der Waals surface area contributed by atoms with Crippen molar-refractivity contribution in [2.75, 3.05) is 20.1 Å². The van der Waals surface area contributed by atoms with Crippen LogP contribution in [0, 0.1) is 0 Å². The third kappa shape index (κ3) is 3.85. The van der Waals surface area contributed by atoms with Crippen LogP contribution in [-0.4, -0.2) is 49.0 Å². The van der Waals surface area contributed by atoms with E-state index in [1.165, 1.54) is 11.3 Å². The van der Waals surface area contributed by atoms with Gasteiger partial charge in [-0.1, -0.05) is 5.16 Å². The first-order valence-corrected chi connectivity index (χ1v) is 10.3. The molecule has 0 amide bonds. The quantitative estimate of drug-likeness (QED) is 0.797. The minimum absolute atomic E-state index is 0.273. The Morgan fingerprint density at radius 3 is 2.83 bits per heavy atom. The van der Waals surface area contributed by atoms with E-state index in [4.69, 9.17) is 4.52 Å². The maximum atomic E-state index is 12.5. The molecule has 2 aromatic rings. The van der Waals surface area contributed by atoms with E-state index in [0.29, 0.717) is 41.9 Å². The van der Waals surface area contributed by atoms with Gasteiger partial charge in [-0.15, -0.1) is 11.3 Å². The summed E-state index contributed by atoms with van der Waals surface area (Å²) in [4.78, 5) is 5.28. The lowest BCUT2D eigenvalue weighted by Gasteiger charge is -2.13. The van der Waals surface area contributed by atoms with Crippen molar-refractivity contribution in [2.45, 2.75) is 42.9 Å². The van der Waals surface area contributed by atoms with Gasteiger partial charge in [0.25, 0.3) is 10.0 Å². The third-order valence-corrected chi connectivity index (χ3v) is 7.56. The summed E-state index contributed by atoms with van der Waals surface area (Å²) < 4.78 is 32.3. The van der Waals surface area contributed by atoms with Crippen LogP contribution in [-0.2, 0) is 22.9 Å². The smallest absolute Gasteiger partial charge is 0.252 e. The molecular formula is C15H22N4O3S2. The number of aromatic nitrogens is 2. The van der Waals surface area contributed by atoms with Crippen LogP contribution in [0.15, 0.2) is 20.9 Å². The second-order valence-electron chi connectivity index (χ2n) is 6.01. The van der Waals surface area contributed by atoms with Gasteiger partial charge in [0.05, 0.1) is 6.42 Å². The van der Waals surface area contributed by atoms with Gasteiger partial charge in [0.2, 0.25) is 5.89 Å². The normalized spacial score (nSPS) is 17.4. The van der Waals surface area contributed by atoms with Crippen molar-refractivity contribution in [2.24, 2.45) is 0 Å². The number of nitrogens with zero attached hydrogens (tertiary/aromatic N) is 3. The SMILES string of the molecule is CNC(C)Cc1noc(Cc2ccc(S(=O)(=O)N3CCCC3)s2)n1. The maximum Gasteiger partial charge on any atom is 0.252 e. The highest BCUT2D eigenvalue weighted by atomic mass is 32.2. The number of hydrogen-bond donors (Lipinski definition) is 1. The summed E-state index contributed by atoms with van der Waals surface area (Å²) >= 11 is 1.28. The van der Waals surface area contributed by atoms with Crippen LogP contribution in [0.1, 0.15) is 36.4 Å². The van der Waals surface area contributed by atoms with Crippen molar-refractivity contribution in [1.82, 2.24) is 19.8 Å². The van der Waals surface area contributed by atoms with Crippen molar-refractivity contribution in [3.63, 3.8) is 0 Å². The lowest BCUT2D eigenvalue weighted by Crippen LogP contribution is -2.27. The molecule has 1 N–H and O–H groups in total. The summed E-state index contributed by atoms with van der Waals surface area (Å²) in [5.74, 6) is 1.17. The van der Waals surface area contributed by atoms with E-state index in [-0.39, 0.29) is 6.04 Å². The highest BCUT2D eigenvalue weighted by Gasteiger charge is 2.28. The molecule has 7 nitrogen and oxygen atoms in total. The van der Waals surface area contributed by atoms with Crippen LogP contribution in [0.25, 0.3) is 0 Å². The molecule has 2 aromatic heterocycles. The molecule has 132 valence electrons. The van der Waals surface area contributed by atoms with Crippen molar-refractivity contribution >= 4 is 21.4 Å². The number of thiophene rings is 1. The Hall–Kier alpha value is -1.29. The van der Waals surface area contributed by atoms with E-state index < -0.39 is 10.0 Å². The molecule has 1 saturated heterocycles. The Morgan fingerprint density at radius 1 is 1.38 bits per heavy atom. The predicted octanol–water partition coefficient (Wildman–Crippen LogP) is 1.66. The van der Waals surface area contributed by atoms with Crippen molar-refractivity contribution in [3.05, 3.63) is 28.7 Å². The monoisotopic (exact) mass is 370 g/mol. The Kier molecular flexibility index (Phi) is 5.33. The molecule has 1 aliphatic heterocycles. The Balaban J connectivity index is 1.68. The highest BCUT2D eigenvalue weighted by molar-refractivity contribution is 7.91. The van der Waals surface area contributed by atoms with Crippen LogP contribution < -0.4 is 5.32 Å². The number of nitrogens with one attached hydrogen (secondary N) is 1. The number of rotatable bonds is 7. The van der Waals surface area contributed by atoms with E-state index in [0.717, 1.165) is 17.7 Å². The van der Waals surface area contributed by atoms with E-state index in [1.807, 2.05) is 20.0 Å². The van der Waals surface area contributed by atoms with Crippen LogP contribution in [0.2, 0.25) is 0 Å². The molecule has 0 spiro atoms. The lowest BCUT2D eigenvalue weighted by atomic mass is 10.2. The Labute approximate surface area is 146 Å². The zero-order chi connectivity index (χ0) is 17.2. The minimum atomic E-state index is -3.35. The Morgan fingerprint density at radius 2 is 2.12 bits per heavy atom. The average Bonchev–Trinajstić information content (AvgIpc) is 3.29. The van der Waals surface area contributed by atoms with Crippen LogP contribution >= 0.6 is 11.3 Å². The molecule has 0 aromatic carbocycles. The average molecular weight is 371 g/mol. The van der Waals surface area contributed by atoms with Crippen molar-refractivity contribution < 1.29 is 12.9 Å². The van der Waals surface area contributed by atoms with Crippen LogP contribution in [0.4, 0.5) is 0 Å². The zero-order valence-electron chi connectivity index (χ0n) is 13.9.